The summed E-state index contributed by atoms with van der Waals surface area (Å²) < 4.78 is 59.1. The van der Waals surface area contributed by atoms with E-state index in [9.17, 15) is 55.2 Å². The van der Waals surface area contributed by atoms with Crippen LogP contribution in [0, 0.1) is 0 Å². The van der Waals surface area contributed by atoms with E-state index in [1.807, 2.05) is 0 Å². The van der Waals surface area contributed by atoms with Crippen LogP contribution in [0.2, 0.25) is 0 Å². The van der Waals surface area contributed by atoms with Crippen molar-refractivity contribution in [2.24, 2.45) is 0 Å². The molecular formula is C44H50O22. The average Bonchev–Trinajstić information content (AvgIpc) is 3.31. The van der Waals surface area contributed by atoms with E-state index in [0.717, 1.165) is 18.2 Å². The molecule has 2 aliphatic heterocycles. The highest BCUT2D eigenvalue weighted by Crippen LogP contribution is 2.39. The number of esters is 3. The molecule has 2 saturated heterocycles. The van der Waals surface area contributed by atoms with E-state index in [1.54, 1.807) is 0 Å². The van der Waals surface area contributed by atoms with E-state index < -0.39 is 92.5 Å². The van der Waals surface area contributed by atoms with Gasteiger partial charge in [0.05, 0.1) is 48.8 Å². The van der Waals surface area contributed by atoms with Crippen molar-refractivity contribution in [1.82, 2.24) is 0 Å². The summed E-state index contributed by atoms with van der Waals surface area (Å²) in [6.07, 6.45) is -11.6. The first kappa shape index (κ1) is 50.4. The number of aromatic hydroxyl groups is 3. The Morgan fingerprint density at radius 1 is 0.530 bits per heavy atom. The van der Waals surface area contributed by atoms with Gasteiger partial charge >= 0.3 is 17.9 Å². The van der Waals surface area contributed by atoms with Crippen LogP contribution in [0.25, 0.3) is 18.2 Å². The fourth-order valence-electron chi connectivity index (χ4n) is 6.58. The topological polar surface area (TPSA) is 315 Å². The summed E-state index contributed by atoms with van der Waals surface area (Å²) in [7, 11) is 6.53. The monoisotopic (exact) mass is 930 g/mol. The van der Waals surface area contributed by atoms with Crippen LogP contribution < -0.4 is 23.7 Å². The average molecular weight is 931 g/mol. The Hall–Kier alpha value is -6.63. The van der Waals surface area contributed by atoms with E-state index in [0.29, 0.717) is 16.7 Å². The van der Waals surface area contributed by atoms with Crippen LogP contribution >= 0.6 is 0 Å². The number of phenols is 3. The standard InChI is InChI=1S/C44H50O22/c1-56-25-14-21(6-10-24(25)46)7-11-32(47)65-42-40(55)38(53)31(63-44(42)66-34(49)13-9-23-17-28(59-4)36(51)29(18-23)60-5)20-61-43-41(39(54)37(52)30(19-45)62-43)64-33(48)12-8-22-15-26(57-2)35(50)27(16-22)58-3/h6-18,30-31,37-46,50-55H,19-20H2,1-5H3/b11-7+,12-8+,13-9+/t30-,31-,37-,38-,39+,40+,41-,42-,43-,44+/m1/s1. The highest BCUT2D eigenvalue weighted by molar-refractivity contribution is 5.89. The second-order valence-electron chi connectivity index (χ2n) is 14.3. The van der Waals surface area contributed by atoms with Gasteiger partial charge in [-0.3, -0.25) is 0 Å². The molecule has 0 spiro atoms. The number of aliphatic hydroxyl groups excluding tert-OH is 5. The summed E-state index contributed by atoms with van der Waals surface area (Å²) in [5, 5.41) is 84.5. The molecule has 0 aliphatic carbocycles. The van der Waals surface area contributed by atoms with Gasteiger partial charge in [0.15, 0.2) is 53.0 Å². The van der Waals surface area contributed by atoms with E-state index >= 15 is 0 Å². The molecule has 0 aromatic heterocycles. The van der Waals surface area contributed by atoms with Crippen LogP contribution in [-0.2, 0) is 42.8 Å². The van der Waals surface area contributed by atoms with E-state index in [-0.39, 0.29) is 46.0 Å². The van der Waals surface area contributed by atoms with Gasteiger partial charge in [0, 0.05) is 18.2 Å². The minimum Gasteiger partial charge on any atom is -0.504 e. The SMILES string of the molecule is COc1cc(/C=C/C(=O)O[C@H]2[C@H](OC(=O)/C=C/c3cc(OC)c(O)c(OC)c3)O[C@H](CO[C@@H]3O[C@H](CO)[C@@H](O)[C@H](O)[C@H]3OC(=O)/C=C/c3cc(OC)c(O)c(OC)c3)[C@@H](O)[C@@H]2O)ccc1O. The molecule has 2 fully saturated rings. The van der Waals surface area contributed by atoms with Gasteiger partial charge in [-0.25, -0.2) is 14.4 Å². The minimum absolute atomic E-state index is 0.0163. The molecule has 0 amide bonds. The lowest BCUT2D eigenvalue weighted by atomic mass is 9.98. The van der Waals surface area contributed by atoms with Crippen molar-refractivity contribution in [2.45, 2.75) is 61.4 Å². The number of hydrogen-bond acceptors (Lipinski definition) is 22. The first-order valence-corrected chi connectivity index (χ1v) is 19.7. The lowest BCUT2D eigenvalue weighted by molar-refractivity contribution is -0.328. The summed E-state index contributed by atoms with van der Waals surface area (Å²) in [4.78, 5) is 39.4. The Kier molecular flexibility index (Phi) is 17.6. The number of hydrogen-bond donors (Lipinski definition) is 8. The third-order valence-electron chi connectivity index (χ3n) is 10.1. The zero-order chi connectivity index (χ0) is 48.2. The Balaban J connectivity index is 1.36. The molecular weight excluding hydrogens is 880 g/mol. The van der Waals surface area contributed by atoms with Gasteiger partial charge in [0.25, 0.3) is 0 Å². The number of benzene rings is 3. The number of carbonyl (C=O) groups excluding carboxylic acids is 3. The largest absolute Gasteiger partial charge is 0.504 e. The van der Waals surface area contributed by atoms with Crippen molar-refractivity contribution in [1.29, 1.82) is 0 Å². The summed E-state index contributed by atoms with van der Waals surface area (Å²) in [6, 6.07) is 9.71. The quantitative estimate of drug-likeness (QED) is 0.0491. The number of aliphatic hydroxyl groups is 5. The van der Waals surface area contributed by atoms with Crippen LogP contribution in [0.1, 0.15) is 16.7 Å². The summed E-state index contributed by atoms with van der Waals surface area (Å²) in [5.41, 5.74) is 1.01. The number of methoxy groups -OCH3 is 5. The third kappa shape index (κ3) is 12.2. The van der Waals surface area contributed by atoms with Crippen molar-refractivity contribution in [3.8, 4) is 46.0 Å². The van der Waals surface area contributed by atoms with E-state index in [1.165, 1.54) is 96.2 Å². The molecule has 0 saturated carbocycles. The van der Waals surface area contributed by atoms with Crippen LogP contribution in [0.3, 0.4) is 0 Å². The van der Waals surface area contributed by atoms with E-state index in [2.05, 4.69) is 0 Å². The molecule has 22 nitrogen and oxygen atoms in total. The predicted octanol–water partition coefficient (Wildman–Crippen LogP) is 0.556. The number of ether oxygens (including phenoxy) is 11. The molecule has 0 radical (unpaired) electrons. The van der Waals surface area contributed by atoms with Gasteiger partial charge in [0.1, 0.15) is 36.6 Å². The first-order valence-electron chi connectivity index (χ1n) is 19.7. The predicted molar refractivity (Wildman–Crippen MR) is 224 cm³/mol. The fourth-order valence-corrected chi connectivity index (χ4v) is 6.58. The molecule has 3 aromatic carbocycles. The lowest BCUT2D eigenvalue weighted by Gasteiger charge is -2.43. The molecule has 358 valence electrons. The van der Waals surface area contributed by atoms with Crippen molar-refractivity contribution in [3.63, 3.8) is 0 Å². The normalized spacial score (nSPS) is 25.4. The van der Waals surface area contributed by atoms with Crippen molar-refractivity contribution < 1.29 is 107 Å². The fraction of sp³-hybridized carbons (Fsp3) is 0.386. The van der Waals surface area contributed by atoms with Crippen LogP contribution in [-0.4, -0.2) is 169 Å². The van der Waals surface area contributed by atoms with Gasteiger partial charge < -0.3 is 93.0 Å². The van der Waals surface area contributed by atoms with Gasteiger partial charge in [-0.1, -0.05) is 6.07 Å². The summed E-state index contributed by atoms with van der Waals surface area (Å²) in [6.45, 7) is -1.61. The van der Waals surface area contributed by atoms with Crippen molar-refractivity contribution in [3.05, 3.63) is 77.4 Å². The minimum atomic E-state index is -2.04. The molecule has 8 N–H and O–H groups in total. The maximum Gasteiger partial charge on any atom is 0.333 e. The molecule has 22 heteroatoms. The Morgan fingerprint density at radius 3 is 1.38 bits per heavy atom. The Morgan fingerprint density at radius 2 is 0.924 bits per heavy atom. The summed E-state index contributed by atoms with van der Waals surface area (Å²) >= 11 is 0. The van der Waals surface area contributed by atoms with Crippen molar-refractivity contribution in [2.75, 3.05) is 48.8 Å². The maximum atomic E-state index is 13.3. The molecule has 0 unspecified atom stereocenters. The van der Waals surface area contributed by atoms with Gasteiger partial charge in [-0.2, -0.15) is 0 Å². The van der Waals surface area contributed by atoms with E-state index in [4.69, 9.17) is 52.1 Å². The number of rotatable bonds is 18. The molecule has 2 heterocycles. The highest BCUT2D eigenvalue weighted by Gasteiger charge is 2.51. The number of phenolic OH excluding ortho intramolecular Hbond substituents is 3. The molecule has 3 aromatic rings. The van der Waals surface area contributed by atoms with Crippen LogP contribution in [0.4, 0.5) is 0 Å². The van der Waals surface area contributed by atoms with Crippen molar-refractivity contribution >= 4 is 36.1 Å². The third-order valence-corrected chi connectivity index (χ3v) is 10.1. The van der Waals surface area contributed by atoms with Gasteiger partial charge in [0.2, 0.25) is 17.8 Å². The maximum absolute atomic E-state index is 13.3. The number of carbonyl (C=O) groups is 3. The molecule has 5 rings (SSSR count). The van der Waals surface area contributed by atoms with Gasteiger partial charge in [-0.15, -0.1) is 0 Å². The lowest BCUT2D eigenvalue weighted by Crippen LogP contribution is -2.63. The molecule has 0 bridgehead atoms. The Labute approximate surface area is 376 Å². The summed E-state index contributed by atoms with van der Waals surface area (Å²) in [5.74, 6) is -3.87. The van der Waals surface area contributed by atoms with Crippen LogP contribution in [0.15, 0.2) is 60.7 Å². The first-order chi connectivity index (χ1) is 31.5. The second-order valence-corrected chi connectivity index (χ2v) is 14.3. The Bertz CT molecular complexity index is 2210. The van der Waals surface area contributed by atoms with Gasteiger partial charge in [-0.05, 0) is 71.3 Å². The zero-order valence-corrected chi connectivity index (χ0v) is 36.0. The molecule has 2 aliphatic rings. The highest BCUT2D eigenvalue weighted by atomic mass is 16.8. The molecule has 10 atom stereocenters. The molecule has 66 heavy (non-hydrogen) atoms. The zero-order valence-electron chi connectivity index (χ0n) is 36.0. The van der Waals surface area contributed by atoms with Crippen LogP contribution in [0.5, 0.6) is 46.0 Å². The smallest absolute Gasteiger partial charge is 0.333 e. The second kappa shape index (κ2) is 23.0.